The van der Waals surface area contributed by atoms with Crippen LogP contribution in [-0.2, 0) is 12.6 Å². The van der Waals surface area contributed by atoms with Gasteiger partial charge in [0.2, 0.25) is 0 Å². The van der Waals surface area contributed by atoms with Crippen LogP contribution >= 0.6 is 0 Å². The molecular weight excluding hydrogens is 193 g/mol. The molecule has 74 valence electrons. The summed E-state index contributed by atoms with van der Waals surface area (Å²) in [6.45, 7) is 0. The normalized spacial score (nSPS) is 15.2. The zero-order valence-electron chi connectivity index (χ0n) is 7.10. The number of halogens is 3. The molecule has 5 heteroatoms. The second-order valence-electron chi connectivity index (χ2n) is 3.12. The van der Waals surface area contributed by atoms with Gasteiger partial charge in [-0.1, -0.05) is 0 Å². The Morgan fingerprint density at radius 3 is 2.64 bits per heavy atom. The minimum absolute atomic E-state index is 0.305. The Kier molecular flexibility index (Phi) is 1.77. The fourth-order valence-electron chi connectivity index (χ4n) is 1.40. The molecule has 1 heterocycles. The Hall–Kier alpha value is -1.52. The highest BCUT2D eigenvalue weighted by Gasteiger charge is 2.31. The average Bonchev–Trinajstić information content (AvgIpc) is 2.41. The van der Waals surface area contributed by atoms with Crippen molar-refractivity contribution in [3.8, 4) is 0 Å². The quantitative estimate of drug-likeness (QED) is 0.685. The number of rotatable bonds is 0. The van der Waals surface area contributed by atoms with Gasteiger partial charge in [0.15, 0.2) is 0 Å². The maximum absolute atomic E-state index is 12.3. The van der Waals surface area contributed by atoms with Crippen molar-refractivity contribution in [1.29, 1.82) is 0 Å². The van der Waals surface area contributed by atoms with Gasteiger partial charge in [0.1, 0.15) is 5.84 Å². The second kappa shape index (κ2) is 2.73. The zero-order chi connectivity index (χ0) is 10.3. The Bertz CT molecular complexity index is 407. The number of fused-ring (bicyclic) bond motifs is 1. The molecule has 0 spiro atoms. The number of alkyl halides is 3. The first kappa shape index (κ1) is 9.05. The van der Waals surface area contributed by atoms with Crippen molar-refractivity contribution in [1.82, 2.24) is 0 Å². The van der Waals surface area contributed by atoms with E-state index in [-0.39, 0.29) is 0 Å². The molecule has 0 saturated heterocycles. The molecule has 14 heavy (non-hydrogen) atoms. The van der Waals surface area contributed by atoms with E-state index in [0.717, 1.165) is 12.1 Å². The summed E-state index contributed by atoms with van der Waals surface area (Å²) in [6, 6.07) is 3.46. The van der Waals surface area contributed by atoms with E-state index in [0.29, 0.717) is 23.5 Å². The topological polar surface area (TPSA) is 38.4 Å². The fraction of sp³-hybridized carbons (Fsp3) is 0.222. The van der Waals surface area contributed by atoms with Crippen LogP contribution in [0.25, 0.3) is 0 Å². The van der Waals surface area contributed by atoms with Crippen LogP contribution in [0, 0.1) is 0 Å². The highest BCUT2D eigenvalue weighted by atomic mass is 19.4. The Morgan fingerprint density at radius 2 is 2.00 bits per heavy atom. The van der Waals surface area contributed by atoms with E-state index in [1.165, 1.54) is 6.07 Å². The van der Waals surface area contributed by atoms with E-state index in [2.05, 4.69) is 4.99 Å². The highest BCUT2D eigenvalue weighted by molar-refractivity contribution is 5.90. The molecule has 0 unspecified atom stereocenters. The molecule has 0 aromatic heterocycles. The Morgan fingerprint density at radius 1 is 1.29 bits per heavy atom. The van der Waals surface area contributed by atoms with Crippen LogP contribution in [0.3, 0.4) is 0 Å². The summed E-state index contributed by atoms with van der Waals surface area (Å²) >= 11 is 0. The second-order valence-corrected chi connectivity index (χ2v) is 3.12. The van der Waals surface area contributed by atoms with Crippen LogP contribution in [0.5, 0.6) is 0 Å². The van der Waals surface area contributed by atoms with Crippen molar-refractivity contribution in [2.24, 2.45) is 10.7 Å². The molecule has 1 aromatic rings. The largest absolute Gasteiger partial charge is 0.416 e. The summed E-state index contributed by atoms with van der Waals surface area (Å²) in [7, 11) is 0. The average molecular weight is 200 g/mol. The van der Waals surface area contributed by atoms with E-state index in [1.54, 1.807) is 0 Å². The molecule has 0 aliphatic carbocycles. The van der Waals surface area contributed by atoms with Crippen molar-refractivity contribution >= 4 is 11.5 Å². The van der Waals surface area contributed by atoms with Gasteiger partial charge in [-0.15, -0.1) is 0 Å². The van der Waals surface area contributed by atoms with Crippen molar-refractivity contribution in [3.63, 3.8) is 0 Å². The van der Waals surface area contributed by atoms with E-state index in [9.17, 15) is 13.2 Å². The van der Waals surface area contributed by atoms with E-state index in [4.69, 9.17) is 5.73 Å². The van der Waals surface area contributed by atoms with E-state index >= 15 is 0 Å². The number of nitrogens with two attached hydrogens (primary N) is 1. The Balaban J connectivity index is 2.42. The standard InChI is InChI=1S/C9H7F3N2/c10-9(11,12)6-1-2-7-5(3-6)4-8(13)14-7/h1-3H,4H2,(H2,13,14). The van der Waals surface area contributed by atoms with Gasteiger partial charge >= 0.3 is 6.18 Å². The van der Waals surface area contributed by atoms with Crippen molar-refractivity contribution < 1.29 is 13.2 Å². The van der Waals surface area contributed by atoms with Gasteiger partial charge in [-0.2, -0.15) is 13.2 Å². The van der Waals surface area contributed by atoms with E-state index in [1.807, 2.05) is 0 Å². The summed E-state index contributed by atoms with van der Waals surface area (Å²) in [5.74, 6) is 0.360. The molecule has 0 amide bonds. The fourth-order valence-corrected chi connectivity index (χ4v) is 1.40. The van der Waals surface area contributed by atoms with Crippen LogP contribution in [0.4, 0.5) is 18.9 Å². The summed E-state index contributed by atoms with van der Waals surface area (Å²) < 4.78 is 36.9. The van der Waals surface area contributed by atoms with Crippen molar-refractivity contribution in [3.05, 3.63) is 29.3 Å². The number of amidine groups is 1. The molecule has 2 nitrogen and oxygen atoms in total. The minimum Gasteiger partial charge on any atom is -0.387 e. The molecule has 0 fully saturated rings. The lowest BCUT2D eigenvalue weighted by Crippen LogP contribution is -2.10. The first-order valence-corrected chi connectivity index (χ1v) is 4.00. The van der Waals surface area contributed by atoms with Gasteiger partial charge in [-0.05, 0) is 23.8 Å². The number of aliphatic imine (C=N–C) groups is 1. The van der Waals surface area contributed by atoms with Gasteiger partial charge in [-0.25, -0.2) is 4.99 Å². The van der Waals surface area contributed by atoms with Gasteiger partial charge in [0.05, 0.1) is 11.3 Å². The number of nitrogens with zero attached hydrogens (tertiary/aromatic N) is 1. The highest BCUT2D eigenvalue weighted by Crippen LogP contribution is 2.34. The summed E-state index contributed by atoms with van der Waals surface area (Å²) in [5.41, 5.74) is 5.84. The monoisotopic (exact) mass is 200 g/mol. The molecule has 0 atom stereocenters. The van der Waals surface area contributed by atoms with Crippen LogP contribution < -0.4 is 5.73 Å². The SMILES string of the molecule is NC1=Nc2ccc(C(F)(F)F)cc2C1. The summed E-state index contributed by atoms with van der Waals surface area (Å²) in [6.07, 6.45) is -3.99. The Labute approximate surface area is 78.3 Å². The first-order valence-electron chi connectivity index (χ1n) is 4.00. The lowest BCUT2D eigenvalue weighted by molar-refractivity contribution is -0.137. The third kappa shape index (κ3) is 1.45. The predicted molar refractivity (Wildman–Crippen MR) is 46.4 cm³/mol. The molecule has 2 rings (SSSR count). The third-order valence-corrected chi connectivity index (χ3v) is 2.04. The molecule has 0 saturated carbocycles. The van der Waals surface area contributed by atoms with Crippen LogP contribution in [0.2, 0.25) is 0 Å². The maximum Gasteiger partial charge on any atom is 0.416 e. The summed E-state index contributed by atoms with van der Waals surface area (Å²) in [5, 5.41) is 0. The molecule has 0 radical (unpaired) electrons. The predicted octanol–water partition coefficient (Wildman–Crippen LogP) is 2.25. The molecule has 1 aliphatic rings. The van der Waals surface area contributed by atoms with Gasteiger partial charge in [0.25, 0.3) is 0 Å². The van der Waals surface area contributed by atoms with Crippen LogP contribution in [0.1, 0.15) is 11.1 Å². The number of hydrogen-bond donors (Lipinski definition) is 1. The lowest BCUT2D eigenvalue weighted by Gasteiger charge is -2.07. The third-order valence-electron chi connectivity index (χ3n) is 2.04. The van der Waals surface area contributed by atoms with Crippen molar-refractivity contribution in [2.45, 2.75) is 12.6 Å². The molecule has 1 aromatic carbocycles. The molecule has 1 aliphatic heterocycles. The zero-order valence-corrected chi connectivity index (χ0v) is 7.10. The molecular formula is C9H7F3N2. The smallest absolute Gasteiger partial charge is 0.387 e. The van der Waals surface area contributed by atoms with Gasteiger partial charge < -0.3 is 5.73 Å². The van der Waals surface area contributed by atoms with Crippen molar-refractivity contribution in [2.75, 3.05) is 0 Å². The number of benzene rings is 1. The van der Waals surface area contributed by atoms with Gasteiger partial charge in [0, 0.05) is 6.42 Å². The van der Waals surface area contributed by atoms with E-state index < -0.39 is 11.7 Å². The van der Waals surface area contributed by atoms with Crippen LogP contribution in [-0.4, -0.2) is 5.84 Å². The lowest BCUT2D eigenvalue weighted by atomic mass is 10.1. The van der Waals surface area contributed by atoms with Gasteiger partial charge in [-0.3, -0.25) is 0 Å². The number of hydrogen-bond acceptors (Lipinski definition) is 2. The maximum atomic E-state index is 12.3. The first-order chi connectivity index (χ1) is 6.47. The summed E-state index contributed by atoms with van der Waals surface area (Å²) in [4.78, 5) is 3.90. The minimum atomic E-state index is -4.30. The molecule has 0 bridgehead atoms. The molecule has 2 N–H and O–H groups in total. The van der Waals surface area contributed by atoms with Crippen LogP contribution in [0.15, 0.2) is 23.2 Å².